The molecule has 21 heavy (non-hydrogen) atoms. The van der Waals surface area contributed by atoms with Crippen LogP contribution in [0.15, 0.2) is 33.9 Å². The summed E-state index contributed by atoms with van der Waals surface area (Å²) in [4.78, 5) is 19.8. The third-order valence-electron chi connectivity index (χ3n) is 2.49. The largest absolute Gasteiger partial charge is 0.478 e. The van der Waals surface area contributed by atoms with Gasteiger partial charge in [-0.05, 0) is 31.4 Å². The fraction of sp³-hybridized carbons (Fsp3) is 0.154. The summed E-state index contributed by atoms with van der Waals surface area (Å²) < 4.78 is 0.712. The fourth-order valence-corrected chi connectivity index (χ4v) is 2.42. The van der Waals surface area contributed by atoms with Gasteiger partial charge in [0.25, 0.3) is 0 Å². The average molecular weight is 391 g/mol. The summed E-state index contributed by atoms with van der Waals surface area (Å²) in [6, 6.07) is 6.80. The van der Waals surface area contributed by atoms with Crippen molar-refractivity contribution in [3.63, 3.8) is 0 Å². The van der Waals surface area contributed by atoms with Gasteiger partial charge in [-0.15, -0.1) is 12.4 Å². The number of hydrogen-bond acceptors (Lipinski definition) is 5. The number of hydrogen-bond donors (Lipinski definition) is 2. The van der Waals surface area contributed by atoms with E-state index in [2.05, 4.69) is 31.2 Å². The molecule has 1 aromatic carbocycles. The Hall–Kier alpha value is -1.31. The summed E-state index contributed by atoms with van der Waals surface area (Å²) in [7, 11) is 0. The molecule has 1 heterocycles. The molecular formula is C13H13BrClN3O2S. The van der Waals surface area contributed by atoms with Gasteiger partial charge in [0, 0.05) is 16.2 Å². The van der Waals surface area contributed by atoms with Crippen molar-refractivity contribution in [3.8, 4) is 0 Å². The van der Waals surface area contributed by atoms with Gasteiger partial charge in [0.15, 0.2) is 5.16 Å². The Bertz CT molecular complexity index is 670. The Kier molecular flexibility index (Phi) is 6.44. The van der Waals surface area contributed by atoms with Gasteiger partial charge in [0.2, 0.25) is 0 Å². The number of carboxylic acid groups (broad SMARTS) is 1. The molecule has 0 atom stereocenters. The van der Waals surface area contributed by atoms with Crippen LogP contribution < -0.4 is 5.32 Å². The van der Waals surface area contributed by atoms with Crippen LogP contribution in [0.5, 0.6) is 0 Å². The maximum atomic E-state index is 11.3. The second-order valence-corrected chi connectivity index (χ2v) is 5.69. The van der Waals surface area contributed by atoms with Gasteiger partial charge in [0.1, 0.15) is 5.82 Å². The van der Waals surface area contributed by atoms with Crippen molar-refractivity contribution in [1.29, 1.82) is 0 Å². The van der Waals surface area contributed by atoms with Gasteiger partial charge in [-0.25, -0.2) is 14.8 Å². The van der Waals surface area contributed by atoms with E-state index in [4.69, 9.17) is 0 Å². The van der Waals surface area contributed by atoms with E-state index in [0.29, 0.717) is 21.1 Å². The van der Waals surface area contributed by atoms with Crippen LogP contribution in [-0.4, -0.2) is 27.3 Å². The number of benzene rings is 1. The molecule has 0 saturated carbocycles. The SMILES string of the molecule is CSc1nc(C)cc(Nc2ccc(Br)cc2C(=O)O)n1.Cl. The monoisotopic (exact) mass is 389 g/mol. The van der Waals surface area contributed by atoms with E-state index in [1.54, 1.807) is 24.3 Å². The lowest BCUT2D eigenvalue weighted by molar-refractivity contribution is 0.0698. The minimum Gasteiger partial charge on any atom is -0.478 e. The number of halogens is 2. The number of thioether (sulfide) groups is 1. The van der Waals surface area contributed by atoms with E-state index in [0.717, 1.165) is 5.69 Å². The summed E-state index contributed by atoms with van der Waals surface area (Å²) in [5.74, 6) is -0.420. The van der Waals surface area contributed by atoms with E-state index in [1.165, 1.54) is 11.8 Å². The van der Waals surface area contributed by atoms with Crippen LogP contribution in [0.1, 0.15) is 16.1 Å². The molecule has 0 aliphatic carbocycles. The molecule has 8 heteroatoms. The standard InChI is InChI=1S/C13H12BrN3O2S.ClH/c1-7-5-11(17-13(15-7)20-2)16-10-4-3-8(14)6-9(10)12(18)19;/h3-6H,1-2H3,(H,18,19)(H,15,16,17);1H. The Labute approximate surface area is 141 Å². The molecule has 2 rings (SSSR count). The molecule has 1 aromatic heterocycles. The van der Waals surface area contributed by atoms with Crippen LogP contribution in [0.3, 0.4) is 0 Å². The lowest BCUT2D eigenvalue weighted by atomic mass is 10.2. The highest BCUT2D eigenvalue weighted by Gasteiger charge is 2.12. The molecule has 0 amide bonds. The van der Waals surface area contributed by atoms with Crippen molar-refractivity contribution in [2.45, 2.75) is 12.1 Å². The molecule has 0 saturated heterocycles. The number of carboxylic acids is 1. The number of aromatic nitrogens is 2. The van der Waals surface area contributed by atoms with E-state index in [-0.39, 0.29) is 18.0 Å². The van der Waals surface area contributed by atoms with E-state index < -0.39 is 5.97 Å². The maximum absolute atomic E-state index is 11.3. The Morgan fingerprint density at radius 1 is 1.33 bits per heavy atom. The molecule has 2 aromatic rings. The van der Waals surface area contributed by atoms with Gasteiger partial charge in [-0.3, -0.25) is 0 Å². The molecule has 0 spiro atoms. The predicted octanol–water partition coefficient (Wildman–Crippen LogP) is 4.13. The highest BCUT2D eigenvalue weighted by atomic mass is 79.9. The summed E-state index contributed by atoms with van der Waals surface area (Å²) >= 11 is 4.70. The molecular weight excluding hydrogens is 378 g/mol. The average Bonchev–Trinajstić information content (AvgIpc) is 2.40. The number of nitrogens with zero attached hydrogens (tertiary/aromatic N) is 2. The zero-order chi connectivity index (χ0) is 14.7. The van der Waals surface area contributed by atoms with Crippen molar-refractivity contribution >= 4 is 57.6 Å². The first-order valence-electron chi connectivity index (χ1n) is 5.69. The molecule has 2 N–H and O–H groups in total. The van der Waals surface area contributed by atoms with Crippen LogP contribution in [0, 0.1) is 6.92 Å². The van der Waals surface area contributed by atoms with Crippen molar-refractivity contribution in [1.82, 2.24) is 9.97 Å². The molecule has 5 nitrogen and oxygen atoms in total. The normalized spacial score (nSPS) is 9.86. The quantitative estimate of drug-likeness (QED) is 0.604. The van der Waals surface area contributed by atoms with Crippen LogP contribution in [0.25, 0.3) is 0 Å². The number of rotatable bonds is 4. The molecule has 0 aliphatic rings. The number of aryl methyl sites for hydroxylation is 1. The molecule has 0 bridgehead atoms. The lowest BCUT2D eigenvalue weighted by Gasteiger charge is -2.10. The first kappa shape index (κ1) is 17.7. The third-order valence-corrected chi connectivity index (χ3v) is 3.53. The first-order chi connectivity index (χ1) is 9.49. The van der Waals surface area contributed by atoms with Gasteiger partial charge in [0.05, 0.1) is 11.3 Å². The van der Waals surface area contributed by atoms with Crippen molar-refractivity contribution < 1.29 is 9.90 Å². The van der Waals surface area contributed by atoms with E-state index in [9.17, 15) is 9.90 Å². The van der Waals surface area contributed by atoms with Crippen molar-refractivity contribution in [3.05, 3.63) is 40.0 Å². The van der Waals surface area contributed by atoms with Crippen molar-refractivity contribution in [2.24, 2.45) is 0 Å². The molecule has 112 valence electrons. The minimum atomic E-state index is -0.996. The Morgan fingerprint density at radius 2 is 2.05 bits per heavy atom. The van der Waals surface area contributed by atoms with Gasteiger partial charge >= 0.3 is 5.97 Å². The molecule has 0 fully saturated rings. The van der Waals surface area contributed by atoms with Gasteiger partial charge in [-0.1, -0.05) is 27.7 Å². The smallest absolute Gasteiger partial charge is 0.337 e. The Balaban J connectivity index is 0.00000220. The predicted molar refractivity (Wildman–Crippen MR) is 90.2 cm³/mol. The highest BCUT2D eigenvalue weighted by Crippen LogP contribution is 2.25. The second-order valence-electron chi connectivity index (χ2n) is 4.00. The number of anilines is 2. The van der Waals surface area contributed by atoms with E-state index >= 15 is 0 Å². The van der Waals surface area contributed by atoms with Crippen LogP contribution in [0.2, 0.25) is 0 Å². The topological polar surface area (TPSA) is 75.1 Å². The molecule has 0 aliphatic heterocycles. The zero-order valence-corrected chi connectivity index (χ0v) is 14.5. The number of carbonyl (C=O) groups is 1. The zero-order valence-electron chi connectivity index (χ0n) is 11.3. The van der Waals surface area contributed by atoms with Gasteiger partial charge < -0.3 is 10.4 Å². The maximum Gasteiger partial charge on any atom is 0.337 e. The van der Waals surface area contributed by atoms with E-state index in [1.807, 2.05) is 13.2 Å². The highest BCUT2D eigenvalue weighted by molar-refractivity contribution is 9.10. The minimum absolute atomic E-state index is 0. The molecule has 0 radical (unpaired) electrons. The second kappa shape index (κ2) is 7.63. The third kappa shape index (κ3) is 4.59. The lowest BCUT2D eigenvalue weighted by Crippen LogP contribution is -2.04. The first-order valence-corrected chi connectivity index (χ1v) is 7.71. The number of aromatic carboxylic acids is 1. The molecule has 0 unspecified atom stereocenters. The summed E-state index contributed by atoms with van der Waals surface area (Å²) in [5.41, 5.74) is 1.49. The fourth-order valence-electron chi connectivity index (χ4n) is 1.64. The van der Waals surface area contributed by atoms with Crippen LogP contribution in [0.4, 0.5) is 11.5 Å². The summed E-state index contributed by atoms with van der Waals surface area (Å²) in [5, 5.41) is 12.9. The van der Waals surface area contributed by atoms with Gasteiger partial charge in [-0.2, -0.15) is 0 Å². The van der Waals surface area contributed by atoms with Crippen LogP contribution >= 0.6 is 40.1 Å². The van der Waals surface area contributed by atoms with Crippen LogP contribution in [-0.2, 0) is 0 Å². The summed E-state index contributed by atoms with van der Waals surface area (Å²) in [6.07, 6.45) is 1.89. The Morgan fingerprint density at radius 3 is 2.67 bits per heavy atom. The van der Waals surface area contributed by atoms with Crippen molar-refractivity contribution in [2.75, 3.05) is 11.6 Å². The summed E-state index contributed by atoms with van der Waals surface area (Å²) in [6.45, 7) is 1.87. The number of nitrogens with one attached hydrogen (secondary N) is 1.